The molecule has 0 radical (unpaired) electrons. The predicted molar refractivity (Wildman–Crippen MR) is 88.0 cm³/mol. The van der Waals surface area contributed by atoms with Crippen LogP contribution in [-0.4, -0.2) is 29.7 Å². The lowest BCUT2D eigenvalue weighted by molar-refractivity contribution is -0.203. The number of methoxy groups -OCH3 is 1. The Balaban J connectivity index is 2.26. The number of ether oxygens (including phenoxy) is 1. The fourth-order valence-corrected chi connectivity index (χ4v) is 3.41. The Morgan fingerprint density at radius 2 is 1.84 bits per heavy atom. The maximum atomic E-state index is 14.1. The van der Waals surface area contributed by atoms with Crippen molar-refractivity contribution in [2.24, 2.45) is 0 Å². The standard InChI is InChI=1S/C18H19F3N2O2/c1-17(2)10-14(24)22-23(17)16(18(19,20)21)12-8-4-6-11-7-5-9-13(25-3)15(11)12/h4-9,16H,10H2,1-3H3,(H,22,24). The highest BCUT2D eigenvalue weighted by Gasteiger charge is 2.53. The first-order chi connectivity index (χ1) is 11.6. The van der Waals surface area contributed by atoms with Gasteiger partial charge in [0.25, 0.3) is 0 Å². The normalized spacial score (nSPS) is 19.0. The number of hydrogen-bond donors (Lipinski definition) is 1. The molecule has 1 fully saturated rings. The third-order valence-electron chi connectivity index (χ3n) is 4.47. The number of nitrogens with zero attached hydrogens (tertiary/aromatic N) is 1. The number of halogens is 3. The number of carbonyl (C=O) groups excluding carboxylic acids is 1. The lowest BCUT2D eigenvalue weighted by Crippen LogP contribution is -2.51. The van der Waals surface area contributed by atoms with Crippen LogP contribution >= 0.6 is 0 Å². The molecule has 7 heteroatoms. The van der Waals surface area contributed by atoms with Gasteiger partial charge < -0.3 is 4.74 Å². The van der Waals surface area contributed by atoms with Crippen LogP contribution in [0.3, 0.4) is 0 Å². The van der Waals surface area contributed by atoms with E-state index in [1.165, 1.54) is 13.2 Å². The molecule has 0 saturated carbocycles. The molecule has 1 amide bonds. The maximum Gasteiger partial charge on any atom is 0.409 e. The molecule has 1 N–H and O–H groups in total. The van der Waals surface area contributed by atoms with E-state index in [1.807, 2.05) is 0 Å². The van der Waals surface area contributed by atoms with Crippen molar-refractivity contribution in [2.45, 2.75) is 38.0 Å². The molecule has 4 nitrogen and oxygen atoms in total. The molecule has 2 aromatic carbocycles. The maximum absolute atomic E-state index is 14.1. The highest BCUT2D eigenvalue weighted by atomic mass is 19.4. The van der Waals surface area contributed by atoms with Crippen molar-refractivity contribution in [3.8, 4) is 5.75 Å². The molecule has 1 heterocycles. The van der Waals surface area contributed by atoms with Crippen molar-refractivity contribution in [3.63, 3.8) is 0 Å². The van der Waals surface area contributed by atoms with E-state index in [-0.39, 0.29) is 12.0 Å². The molecule has 3 rings (SSSR count). The van der Waals surface area contributed by atoms with Crippen LogP contribution in [-0.2, 0) is 4.79 Å². The number of hydrogen-bond acceptors (Lipinski definition) is 3. The summed E-state index contributed by atoms with van der Waals surface area (Å²) >= 11 is 0. The smallest absolute Gasteiger partial charge is 0.409 e. The van der Waals surface area contributed by atoms with Gasteiger partial charge in [-0.05, 0) is 30.9 Å². The van der Waals surface area contributed by atoms with Crippen LogP contribution in [0, 0.1) is 0 Å². The quantitative estimate of drug-likeness (QED) is 0.909. The van der Waals surface area contributed by atoms with Gasteiger partial charge in [0, 0.05) is 17.3 Å². The molecule has 134 valence electrons. The second kappa shape index (κ2) is 5.91. The van der Waals surface area contributed by atoms with Gasteiger partial charge in [-0.15, -0.1) is 0 Å². The van der Waals surface area contributed by atoms with Crippen molar-refractivity contribution in [1.29, 1.82) is 0 Å². The lowest BCUT2D eigenvalue weighted by atomic mass is 9.93. The molecule has 0 spiro atoms. The predicted octanol–water partition coefficient (Wildman–Crippen LogP) is 3.97. The fourth-order valence-electron chi connectivity index (χ4n) is 3.41. The molecule has 1 aliphatic rings. The monoisotopic (exact) mass is 352 g/mol. The second-order valence-electron chi connectivity index (χ2n) is 6.74. The summed E-state index contributed by atoms with van der Waals surface area (Å²) in [5.74, 6) is -0.0582. The van der Waals surface area contributed by atoms with Gasteiger partial charge in [0.2, 0.25) is 5.91 Å². The van der Waals surface area contributed by atoms with Gasteiger partial charge in [0.05, 0.1) is 7.11 Å². The highest BCUT2D eigenvalue weighted by molar-refractivity contribution is 5.92. The Morgan fingerprint density at radius 3 is 2.36 bits per heavy atom. The van der Waals surface area contributed by atoms with Crippen molar-refractivity contribution in [3.05, 3.63) is 42.0 Å². The van der Waals surface area contributed by atoms with Gasteiger partial charge in [-0.1, -0.05) is 30.3 Å². The zero-order chi connectivity index (χ0) is 18.4. The molecule has 1 atom stereocenters. The summed E-state index contributed by atoms with van der Waals surface area (Å²) in [5, 5.41) is 2.05. The van der Waals surface area contributed by atoms with Crippen molar-refractivity contribution < 1.29 is 22.7 Å². The van der Waals surface area contributed by atoms with Gasteiger partial charge in [-0.3, -0.25) is 10.2 Å². The van der Waals surface area contributed by atoms with Gasteiger partial charge >= 0.3 is 6.18 Å². The largest absolute Gasteiger partial charge is 0.496 e. The third-order valence-corrected chi connectivity index (χ3v) is 4.47. The first-order valence-corrected chi connectivity index (χ1v) is 7.86. The van der Waals surface area contributed by atoms with Crippen molar-refractivity contribution in [1.82, 2.24) is 10.4 Å². The molecule has 2 aromatic rings. The summed E-state index contributed by atoms with van der Waals surface area (Å²) in [4.78, 5) is 11.8. The van der Waals surface area contributed by atoms with Gasteiger partial charge in [0.15, 0.2) is 6.04 Å². The summed E-state index contributed by atoms with van der Waals surface area (Å²) in [7, 11) is 1.43. The number of fused-ring (bicyclic) bond motifs is 1. The first-order valence-electron chi connectivity index (χ1n) is 7.86. The average Bonchev–Trinajstić information content (AvgIpc) is 2.78. The molecule has 0 bridgehead atoms. The van der Waals surface area contributed by atoms with Crippen LogP contribution in [0.2, 0.25) is 0 Å². The third kappa shape index (κ3) is 3.04. The molecule has 25 heavy (non-hydrogen) atoms. The number of carbonyl (C=O) groups is 1. The van der Waals surface area contributed by atoms with Crippen LogP contribution in [0.25, 0.3) is 10.8 Å². The van der Waals surface area contributed by atoms with Gasteiger partial charge in [0.1, 0.15) is 5.75 Å². The van der Waals surface area contributed by atoms with Crippen molar-refractivity contribution >= 4 is 16.7 Å². The van der Waals surface area contributed by atoms with Crippen LogP contribution < -0.4 is 10.2 Å². The molecule has 0 aliphatic carbocycles. The zero-order valence-corrected chi connectivity index (χ0v) is 14.1. The summed E-state index contributed by atoms with van der Waals surface area (Å²) in [5.41, 5.74) is 1.47. The van der Waals surface area contributed by atoms with Crippen molar-refractivity contribution in [2.75, 3.05) is 7.11 Å². The Hall–Kier alpha value is -2.28. The first kappa shape index (κ1) is 17.5. The SMILES string of the molecule is COc1cccc2cccc(C(N3NC(=O)CC3(C)C)C(F)(F)F)c12. The van der Waals surface area contributed by atoms with E-state index in [9.17, 15) is 18.0 Å². The van der Waals surface area contributed by atoms with Gasteiger partial charge in [-0.2, -0.15) is 18.2 Å². The molecule has 1 aliphatic heterocycles. The number of hydrazine groups is 1. The van der Waals surface area contributed by atoms with Crippen LogP contribution in [0.1, 0.15) is 31.9 Å². The minimum Gasteiger partial charge on any atom is -0.496 e. The molecular weight excluding hydrogens is 333 g/mol. The molecule has 1 unspecified atom stereocenters. The molecular formula is C18H19F3N2O2. The summed E-state index contributed by atoms with van der Waals surface area (Å²) in [6.45, 7) is 3.23. The molecule has 1 saturated heterocycles. The van der Waals surface area contributed by atoms with E-state index in [0.717, 1.165) is 5.01 Å². The average molecular weight is 352 g/mol. The Bertz CT molecular complexity index is 812. The van der Waals surface area contributed by atoms with Crippen LogP contribution in [0.15, 0.2) is 36.4 Å². The van der Waals surface area contributed by atoms with Crippen LogP contribution in [0.5, 0.6) is 5.75 Å². The number of alkyl halides is 3. The summed E-state index contributed by atoms with van der Waals surface area (Å²) in [6, 6.07) is 7.88. The Morgan fingerprint density at radius 1 is 1.20 bits per heavy atom. The Kier molecular flexibility index (Phi) is 4.15. The zero-order valence-electron chi connectivity index (χ0n) is 14.1. The van der Waals surface area contributed by atoms with Crippen LogP contribution in [0.4, 0.5) is 13.2 Å². The minimum absolute atomic E-state index is 0.00147. The Labute approximate surface area is 143 Å². The van der Waals surface area contributed by atoms with Gasteiger partial charge in [-0.25, -0.2) is 0 Å². The number of amides is 1. The second-order valence-corrected chi connectivity index (χ2v) is 6.74. The number of rotatable bonds is 3. The lowest BCUT2D eigenvalue weighted by Gasteiger charge is -2.38. The number of nitrogens with one attached hydrogen (secondary N) is 1. The fraction of sp³-hybridized carbons (Fsp3) is 0.389. The van der Waals surface area contributed by atoms with E-state index >= 15 is 0 Å². The topological polar surface area (TPSA) is 41.6 Å². The summed E-state index contributed by atoms with van der Waals surface area (Å²) in [6.07, 6.45) is -4.58. The van der Waals surface area contributed by atoms with E-state index in [1.54, 1.807) is 44.2 Å². The van der Waals surface area contributed by atoms with E-state index in [2.05, 4.69) is 5.43 Å². The number of benzene rings is 2. The minimum atomic E-state index is -4.58. The van der Waals surface area contributed by atoms with E-state index < -0.39 is 23.7 Å². The highest BCUT2D eigenvalue weighted by Crippen LogP contribution is 2.46. The van der Waals surface area contributed by atoms with E-state index in [0.29, 0.717) is 16.5 Å². The molecule has 0 aromatic heterocycles. The summed E-state index contributed by atoms with van der Waals surface area (Å²) < 4.78 is 47.5. The van der Waals surface area contributed by atoms with E-state index in [4.69, 9.17) is 4.74 Å².